The average Bonchev–Trinajstić information content (AvgIpc) is 2.93. The van der Waals surface area contributed by atoms with Gasteiger partial charge < -0.3 is 14.2 Å². The quantitative estimate of drug-likeness (QED) is 0.204. The van der Waals surface area contributed by atoms with Gasteiger partial charge in [0.2, 0.25) is 5.75 Å². The van der Waals surface area contributed by atoms with Crippen LogP contribution in [0.25, 0.3) is 0 Å². The monoisotopic (exact) mass is 534 g/mol. The van der Waals surface area contributed by atoms with E-state index in [1.165, 1.54) is 75.3 Å². The van der Waals surface area contributed by atoms with Crippen LogP contribution < -0.4 is 14.2 Å². The van der Waals surface area contributed by atoms with Crippen molar-refractivity contribution in [1.82, 2.24) is 0 Å². The second-order valence-electron chi connectivity index (χ2n) is 10.2. The number of rotatable bonds is 13. The number of methoxy groups -OCH3 is 1. The third-order valence-electron chi connectivity index (χ3n) is 6.28. The van der Waals surface area contributed by atoms with Crippen LogP contribution in [-0.4, -0.2) is 7.11 Å². The van der Waals surface area contributed by atoms with Crippen molar-refractivity contribution in [3.05, 3.63) is 77.4 Å². The standard InChI is InChI=1S/C22H22O3.2C7H16/c1-15-5-9-18(10-6-15)24-20-13-17(3)14-21(22(20)23-4)25-19-11-7-16(2)8-12-19;2*1-3-5-7-6-4-2/h5-14H,1-4H3;2*3-7H2,1-2H3. The molecule has 0 unspecified atom stereocenters. The van der Waals surface area contributed by atoms with Crippen LogP contribution in [0.4, 0.5) is 0 Å². The molecule has 3 rings (SSSR count). The molecule has 0 heterocycles. The zero-order chi connectivity index (χ0) is 28.9. The predicted molar refractivity (Wildman–Crippen MR) is 169 cm³/mol. The van der Waals surface area contributed by atoms with Gasteiger partial charge >= 0.3 is 0 Å². The van der Waals surface area contributed by atoms with Crippen LogP contribution in [0, 0.1) is 20.8 Å². The number of hydrogen-bond acceptors (Lipinski definition) is 3. The van der Waals surface area contributed by atoms with E-state index >= 15 is 0 Å². The molecule has 0 saturated heterocycles. The van der Waals surface area contributed by atoms with Crippen molar-refractivity contribution >= 4 is 0 Å². The first-order valence-electron chi connectivity index (χ1n) is 15.1. The molecule has 0 bridgehead atoms. The van der Waals surface area contributed by atoms with Gasteiger partial charge in [-0.3, -0.25) is 0 Å². The lowest BCUT2D eigenvalue weighted by atomic mass is 10.2. The Hall–Kier alpha value is -2.94. The largest absolute Gasteiger partial charge is 0.490 e. The van der Waals surface area contributed by atoms with Crippen LogP contribution in [-0.2, 0) is 0 Å². The maximum Gasteiger partial charge on any atom is 0.204 e. The van der Waals surface area contributed by atoms with Gasteiger partial charge in [0.15, 0.2) is 11.5 Å². The SMILES string of the molecule is CCCCCCC.CCCCCCC.COc1c(Oc2ccc(C)cc2)cc(C)cc1Oc1ccc(C)cc1. The highest BCUT2D eigenvalue weighted by atomic mass is 16.5. The Labute approximate surface area is 239 Å². The number of hydrogen-bond donors (Lipinski definition) is 0. The first kappa shape index (κ1) is 34.1. The molecule has 216 valence electrons. The van der Waals surface area contributed by atoms with Crippen molar-refractivity contribution in [1.29, 1.82) is 0 Å². The summed E-state index contributed by atoms with van der Waals surface area (Å²) >= 11 is 0. The second kappa shape index (κ2) is 21.0. The van der Waals surface area contributed by atoms with E-state index in [1.54, 1.807) is 7.11 Å². The van der Waals surface area contributed by atoms with Gasteiger partial charge in [0.25, 0.3) is 0 Å². The fourth-order valence-corrected chi connectivity index (χ4v) is 3.88. The summed E-state index contributed by atoms with van der Waals surface area (Å²) in [7, 11) is 1.62. The smallest absolute Gasteiger partial charge is 0.204 e. The van der Waals surface area contributed by atoms with E-state index in [4.69, 9.17) is 14.2 Å². The summed E-state index contributed by atoms with van der Waals surface area (Å²) < 4.78 is 17.6. The van der Waals surface area contributed by atoms with Crippen molar-refractivity contribution in [2.24, 2.45) is 0 Å². The van der Waals surface area contributed by atoms with E-state index in [9.17, 15) is 0 Å². The lowest BCUT2D eigenvalue weighted by Gasteiger charge is -2.16. The molecule has 0 saturated carbocycles. The number of ether oxygens (including phenoxy) is 3. The first-order valence-corrected chi connectivity index (χ1v) is 15.1. The molecule has 0 fully saturated rings. The zero-order valence-electron chi connectivity index (χ0n) is 26.1. The fraction of sp³-hybridized carbons (Fsp3) is 0.500. The number of aryl methyl sites for hydroxylation is 3. The Morgan fingerprint density at radius 2 is 0.795 bits per heavy atom. The molecule has 3 heteroatoms. The fourth-order valence-electron chi connectivity index (χ4n) is 3.88. The second-order valence-corrected chi connectivity index (χ2v) is 10.2. The van der Waals surface area contributed by atoms with Crippen LogP contribution in [0.5, 0.6) is 28.7 Å². The van der Waals surface area contributed by atoms with E-state index < -0.39 is 0 Å². The summed E-state index contributed by atoms with van der Waals surface area (Å²) in [6.07, 6.45) is 14.0. The van der Waals surface area contributed by atoms with Gasteiger partial charge in [-0.1, -0.05) is 127 Å². The molecular formula is C36H54O3. The Bertz CT molecular complexity index is 920. The number of benzene rings is 3. The lowest BCUT2D eigenvalue weighted by molar-refractivity contribution is 0.352. The van der Waals surface area contributed by atoms with Gasteiger partial charge in [0, 0.05) is 0 Å². The molecule has 0 aromatic heterocycles. The summed E-state index contributed by atoms with van der Waals surface area (Å²) in [5.41, 5.74) is 3.41. The van der Waals surface area contributed by atoms with Crippen molar-refractivity contribution < 1.29 is 14.2 Å². The molecule has 0 N–H and O–H groups in total. The van der Waals surface area contributed by atoms with Crippen LogP contribution in [0.3, 0.4) is 0 Å². The van der Waals surface area contributed by atoms with Gasteiger partial charge in [-0.25, -0.2) is 0 Å². The lowest BCUT2D eigenvalue weighted by Crippen LogP contribution is -1.95. The van der Waals surface area contributed by atoms with E-state index in [-0.39, 0.29) is 0 Å². The average molecular weight is 535 g/mol. The van der Waals surface area contributed by atoms with E-state index in [1.807, 2.05) is 81.4 Å². The van der Waals surface area contributed by atoms with Crippen molar-refractivity contribution in [3.8, 4) is 28.7 Å². The van der Waals surface area contributed by atoms with E-state index in [0.717, 1.165) is 17.1 Å². The van der Waals surface area contributed by atoms with Gasteiger partial charge in [-0.15, -0.1) is 0 Å². The van der Waals surface area contributed by atoms with Crippen LogP contribution in [0.1, 0.15) is 109 Å². The first-order chi connectivity index (χ1) is 18.9. The summed E-state index contributed by atoms with van der Waals surface area (Å²) in [6.45, 7) is 15.1. The van der Waals surface area contributed by atoms with Gasteiger partial charge in [-0.2, -0.15) is 0 Å². The normalized spacial score (nSPS) is 10.1. The number of unbranched alkanes of at least 4 members (excludes halogenated alkanes) is 8. The predicted octanol–water partition coefficient (Wildman–Crippen LogP) is 12.2. The summed E-state index contributed by atoms with van der Waals surface area (Å²) in [5, 5.41) is 0. The molecule has 0 amide bonds. The zero-order valence-corrected chi connectivity index (χ0v) is 26.1. The molecule has 39 heavy (non-hydrogen) atoms. The summed E-state index contributed by atoms with van der Waals surface area (Å²) in [4.78, 5) is 0. The van der Waals surface area contributed by atoms with Gasteiger partial charge in [-0.05, 0) is 62.7 Å². The van der Waals surface area contributed by atoms with Gasteiger partial charge in [0.1, 0.15) is 11.5 Å². The molecule has 0 radical (unpaired) electrons. The van der Waals surface area contributed by atoms with Crippen molar-refractivity contribution in [2.75, 3.05) is 7.11 Å². The van der Waals surface area contributed by atoms with Crippen molar-refractivity contribution in [2.45, 2.75) is 113 Å². The van der Waals surface area contributed by atoms with E-state index in [2.05, 4.69) is 27.7 Å². The summed E-state index contributed by atoms with van der Waals surface area (Å²) in [6, 6.07) is 19.7. The Morgan fingerprint density at radius 3 is 1.08 bits per heavy atom. The third kappa shape index (κ3) is 14.7. The van der Waals surface area contributed by atoms with E-state index in [0.29, 0.717) is 17.2 Å². The Morgan fingerprint density at radius 1 is 0.462 bits per heavy atom. The molecule has 0 aliphatic carbocycles. The van der Waals surface area contributed by atoms with Crippen molar-refractivity contribution in [3.63, 3.8) is 0 Å². The van der Waals surface area contributed by atoms with Gasteiger partial charge in [0.05, 0.1) is 7.11 Å². The minimum atomic E-state index is 0.576. The van der Waals surface area contributed by atoms with Crippen LogP contribution in [0.2, 0.25) is 0 Å². The highest BCUT2D eigenvalue weighted by molar-refractivity contribution is 5.56. The van der Waals surface area contributed by atoms with Crippen LogP contribution >= 0.6 is 0 Å². The molecular weight excluding hydrogens is 480 g/mol. The maximum atomic E-state index is 6.03. The molecule has 3 nitrogen and oxygen atoms in total. The highest BCUT2D eigenvalue weighted by Crippen LogP contribution is 2.42. The minimum Gasteiger partial charge on any atom is -0.490 e. The summed E-state index contributed by atoms with van der Waals surface area (Å²) in [5.74, 6) is 3.36. The highest BCUT2D eigenvalue weighted by Gasteiger charge is 2.15. The topological polar surface area (TPSA) is 27.7 Å². The van der Waals surface area contributed by atoms with Crippen LogP contribution in [0.15, 0.2) is 60.7 Å². The Balaban J connectivity index is 0.000000449. The third-order valence-corrected chi connectivity index (χ3v) is 6.28. The molecule has 3 aromatic rings. The molecule has 0 spiro atoms. The molecule has 0 aliphatic heterocycles. The molecule has 0 aliphatic rings. The Kier molecular flexibility index (Phi) is 18.3. The molecule has 0 atom stereocenters. The maximum absolute atomic E-state index is 6.03. The molecule has 3 aromatic carbocycles. The minimum absolute atomic E-state index is 0.576.